The molecule has 1 rings (SSSR count). The molecule has 0 saturated carbocycles. The van der Waals surface area contributed by atoms with Gasteiger partial charge >= 0.3 is 5.97 Å². The number of rotatable bonds is 4. The van der Waals surface area contributed by atoms with E-state index >= 15 is 0 Å². The summed E-state index contributed by atoms with van der Waals surface area (Å²) >= 11 is 0. The minimum absolute atomic E-state index is 0.135. The molecule has 2 atom stereocenters. The Balaban J connectivity index is 3.15. The van der Waals surface area contributed by atoms with Crippen molar-refractivity contribution in [3.05, 3.63) is 35.4 Å². The summed E-state index contributed by atoms with van der Waals surface area (Å²) in [6.45, 7) is 7.13. The normalized spacial score (nSPS) is 16.6. The molecule has 2 N–H and O–H groups in total. The van der Waals surface area contributed by atoms with Gasteiger partial charge in [-0.15, -0.1) is 0 Å². The number of hydrogen-bond acceptors (Lipinski definition) is 2. The summed E-state index contributed by atoms with van der Waals surface area (Å²) in [5.74, 6) is -1.92. The van der Waals surface area contributed by atoms with Crippen LogP contribution in [0.25, 0.3) is 0 Å². The van der Waals surface area contributed by atoms with Crippen molar-refractivity contribution in [2.24, 2.45) is 11.8 Å². The second-order valence-corrected chi connectivity index (χ2v) is 5.07. The van der Waals surface area contributed by atoms with Gasteiger partial charge in [0.2, 0.25) is 0 Å². The summed E-state index contributed by atoms with van der Waals surface area (Å²) in [6.07, 6.45) is 0. The highest BCUT2D eigenvalue weighted by atomic mass is 16.4. The largest absolute Gasteiger partial charge is 0.481 e. The Morgan fingerprint density at radius 2 is 1.71 bits per heavy atom. The number of benzene rings is 1. The van der Waals surface area contributed by atoms with E-state index in [1.54, 1.807) is 32.9 Å². The molecule has 0 aliphatic carbocycles. The Kier molecular flexibility index (Phi) is 3.94. The molecule has 0 bridgehead atoms. The summed E-state index contributed by atoms with van der Waals surface area (Å²) in [4.78, 5) is 11.3. The maximum atomic E-state index is 11.3. The smallest absolute Gasteiger partial charge is 0.310 e. The first-order chi connectivity index (χ1) is 7.76. The summed E-state index contributed by atoms with van der Waals surface area (Å²) in [7, 11) is 0. The molecule has 0 aliphatic heterocycles. The van der Waals surface area contributed by atoms with E-state index in [4.69, 9.17) is 0 Å². The fourth-order valence-corrected chi connectivity index (χ4v) is 2.25. The van der Waals surface area contributed by atoms with Crippen molar-refractivity contribution in [2.45, 2.75) is 33.3 Å². The molecule has 0 heterocycles. The highest BCUT2D eigenvalue weighted by Crippen LogP contribution is 2.34. The molecule has 0 radical (unpaired) electrons. The molecule has 94 valence electrons. The lowest BCUT2D eigenvalue weighted by atomic mass is 9.76. The van der Waals surface area contributed by atoms with E-state index in [2.05, 4.69) is 0 Å². The van der Waals surface area contributed by atoms with Gasteiger partial charge < -0.3 is 10.2 Å². The minimum Gasteiger partial charge on any atom is -0.481 e. The van der Waals surface area contributed by atoms with E-state index in [-0.39, 0.29) is 5.92 Å². The molecule has 1 aromatic rings. The van der Waals surface area contributed by atoms with Crippen molar-refractivity contribution < 1.29 is 15.0 Å². The van der Waals surface area contributed by atoms with Gasteiger partial charge in [-0.3, -0.25) is 4.79 Å². The standard InChI is InChI=1S/C14H20O3/c1-9(2)12(13(15)16)14(4,17)11-7-5-10(3)6-8-11/h5-9,12,17H,1-4H3,(H,15,16). The van der Waals surface area contributed by atoms with Crippen LogP contribution < -0.4 is 0 Å². The fourth-order valence-electron chi connectivity index (χ4n) is 2.25. The van der Waals surface area contributed by atoms with Crippen LogP contribution >= 0.6 is 0 Å². The van der Waals surface area contributed by atoms with Crippen LogP contribution in [0.5, 0.6) is 0 Å². The summed E-state index contributed by atoms with van der Waals surface area (Å²) in [5.41, 5.74) is 0.374. The Labute approximate surface area is 102 Å². The second-order valence-electron chi connectivity index (χ2n) is 5.07. The third-order valence-corrected chi connectivity index (χ3v) is 3.17. The monoisotopic (exact) mass is 236 g/mol. The predicted octanol–water partition coefficient (Wildman–Crippen LogP) is 2.56. The van der Waals surface area contributed by atoms with E-state index in [1.165, 1.54) is 0 Å². The van der Waals surface area contributed by atoms with Gasteiger partial charge in [0.25, 0.3) is 0 Å². The maximum Gasteiger partial charge on any atom is 0.310 e. The number of aliphatic carboxylic acids is 1. The van der Waals surface area contributed by atoms with Gasteiger partial charge in [-0.25, -0.2) is 0 Å². The van der Waals surface area contributed by atoms with E-state index in [9.17, 15) is 15.0 Å². The zero-order valence-electron chi connectivity index (χ0n) is 10.8. The van der Waals surface area contributed by atoms with Crippen molar-refractivity contribution in [3.63, 3.8) is 0 Å². The lowest BCUT2D eigenvalue weighted by Gasteiger charge is -2.33. The quantitative estimate of drug-likeness (QED) is 0.844. The molecule has 3 nitrogen and oxygen atoms in total. The highest BCUT2D eigenvalue weighted by molar-refractivity contribution is 5.72. The number of aliphatic hydroxyl groups is 1. The van der Waals surface area contributed by atoms with Gasteiger partial charge in [0.15, 0.2) is 0 Å². The van der Waals surface area contributed by atoms with Crippen molar-refractivity contribution in [1.82, 2.24) is 0 Å². The average Bonchev–Trinajstić information content (AvgIpc) is 2.16. The lowest BCUT2D eigenvalue weighted by Crippen LogP contribution is -2.40. The third-order valence-electron chi connectivity index (χ3n) is 3.17. The molecular formula is C14H20O3. The molecule has 2 unspecified atom stereocenters. The van der Waals surface area contributed by atoms with Crippen molar-refractivity contribution in [3.8, 4) is 0 Å². The zero-order chi connectivity index (χ0) is 13.2. The van der Waals surface area contributed by atoms with Crippen LogP contribution in [0.15, 0.2) is 24.3 Å². The van der Waals surface area contributed by atoms with Crippen LogP contribution in [0.1, 0.15) is 31.9 Å². The maximum absolute atomic E-state index is 11.3. The molecule has 0 spiro atoms. The van der Waals surface area contributed by atoms with Crippen LogP contribution in [0, 0.1) is 18.8 Å². The molecule has 0 fully saturated rings. The third kappa shape index (κ3) is 2.86. The summed E-state index contributed by atoms with van der Waals surface area (Å²) in [5, 5.41) is 19.7. The van der Waals surface area contributed by atoms with E-state index in [0.717, 1.165) is 5.56 Å². The number of carboxylic acids is 1. The molecule has 0 saturated heterocycles. The molecule has 0 aliphatic rings. The van der Waals surface area contributed by atoms with Crippen LogP contribution in [-0.2, 0) is 10.4 Å². The number of hydrogen-bond donors (Lipinski definition) is 2. The number of carbonyl (C=O) groups is 1. The molecule has 3 heteroatoms. The van der Waals surface area contributed by atoms with Gasteiger partial charge in [0.1, 0.15) is 5.60 Å². The molecule has 0 aromatic heterocycles. The Morgan fingerprint density at radius 1 is 1.24 bits per heavy atom. The first-order valence-corrected chi connectivity index (χ1v) is 5.79. The fraction of sp³-hybridized carbons (Fsp3) is 0.500. The zero-order valence-corrected chi connectivity index (χ0v) is 10.8. The second kappa shape index (κ2) is 4.88. The van der Waals surface area contributed by atoms with Gasteiger partial charge in [-0.2, -0.15) is 0 Å². The molecular weight excluding hydrogens is 216 g/mol. The molecule has 17 heavy (non-hydrogen) atoms. The summed E-state index contributed by atoms with van der Waals surface area (Å²) in [6, 6.07) is 7.33. The van der Waals surface area contributed by atoms with Gasteiger partial charge in [-0.1, -0.05) is 43.7 Å². The van der Waals surface area contributed by atoms with Crippen LogP contribution in [0.4, 0.5) is 0 Å². The van der Waals surface area contributed by atoms with Gasteiger partial charge in [0, 0.05) is 0 Å². The van der Waals surface area contributed by atoms with Gasteiger partial charge in [0.05, 0.1) is 5.92 Å². The predicted molar refractivity (Wildman–Crippen MR) is 66.7 cm³/mol. The SMILES string of the molecule is Cc1ccc(C(C)(O)C(C(=O)O)C(C)C)cc1. The van der Waals surface area contributed by atoms with Crippen LogP contribution in [0.2, 0.25) is 0 Å². The van der Waals surface area contributed by atoms with E-state index in [0.29, 0.717) is 5.56 Å². The van der Waals surface area contributed by atoms with Gasteiger partial charge in [-0.05, 0) is 25.3 Å². The highest BCUT2D eigenvalue weighted by Gasteiger charge is 2.40. The topological polar surface area (TPSA) is 57.5 Å². The first-order valence-electron chi connectivity index (χ1n) is 5.79. The van der Waals surface area contributed by atoms with E-state index < -0.39 is 17.5 Å². The first kappa shape index (κ1) is 13.7. The van der Waals surface area contributed by atoms with Crippen molar-refractivity contribution in [2.75, 3.05) is 0 Å². The molecule has 0 amide bonds. The molecule has 1 aromatic carbocycles. The van der Waals surface area contributed by atoms with Crippen molar-refractivity contribution in [1.29, 1.82) is 0 Å². The van der Waals surface area contributed by atoms with Crippen LogP contribution in [-0.4, -0.2) is 16.2 Å². The average molecular weight is 236 g/mol. The summed E-state index contributed by atoms with van der Waals surface area (Å²) < 4.78 is 0. The van der Waals surface area contributed by atoms with E-state index in [1.807, 2.05) is 19.1 Å². The van der Waals surface area contributed by atoms with Crippen LogP contribution in [0.3, 0.4) is 0 Å². The Hall–Kier alpha value is -1.35. The number of aryl methyl sites for hydroxylation is 1. The number of carboxylic acid groups (broad SMARTS) is 1. The minimum atomic E-state index is -1.35. The Morgan fingerprint density at radius 3 is 2.06 bits per heavy atom. The van der Waals surface area contributed by atoms with Crippen molar-refractivity contribution >= 4 is 5.97 Å². The Bertz CT molecular complexity index is 390. The lowest BCUT2D eigenvalue weighted by molar-refractivity contribution is -0.155.